The highest BCUT2D eigenvalue weighted by Crippen LogP contribution is 2.08. The third kappa shape index (κ3) is 2.78. The zero-order valence-electron chi connectivity index (χ0n) is 8.08. The van der Waals surface area contributed by atoms with Crippen molar-refractivity contribution in [2.75, 3.05) is 0 Å². The van der Waals surface area contributed by atoms with Gasteiger partial charge in [0.25, 0.3) is 0 Å². The second-order valence-electron chi connectivity index (χ2n) is 2.90. The lowest BCUT2D eigenvalue weighted by atomic mass is 10.0. The van der Waals surface area contributed by atoms with E-state index in [1.165, 1.54) is 12.1 Å². The molecule has 0 aromatic heterocycles. The molecule has 0 aliphatic rings. The maximum atomic E-state index is 11.6. The zero-order chi connectivity index (χ0) is 12.1. The Morgan fingerprint density at radius 2 is 1.56 bits per heavy atom. The van der Waals surface area contributed by atoms with Crippen LogP contribution in [0.4, 0.5) is 0 Å². The van der Waals surface area contributed by atoms with Crippen molar-refractivity contribution >= 4 is 17.7 Å². The van der Waals surface area contributed by atoms with Gasteiger partial charge < -0.3 is 10.2 Å². The van der Waals surface area contributed by atoms with Crippen molar-refractivity contribution in [2.45, 2.75) is 0 Å². The van der Waals surface area contributed by atoms with Gasteiger partial charge in [-0.25, -0.2) is 9.59 Å². The summed E-state index contributed by atoms with van der Waals surface area (Å²) in [5, 5.41) is 17.1. The van der Waals surface area contributed by atoms with Crippen LogP contribution in [-0.2, 0) is 9.59 Å². The molecule has 0 bridgehead atoms. The molecule has 0 heterocycles. The van der Waals surface area contributed by atoms with Gasteiger partial charge in [0, 0.05) is 11.6 Å². The zero-order valence-corrected chi connectivity index (χ0v) is 8.08. The highest BCUT2D eigenvalue weighted by molar-refractivity contribution is 6.25. The van der Waals surface area contributed by atoms with E-state index < -0.39 is 23.3 Å². The fraction of sp³-hybridized carbons (Fsp3) is 0. The Labute approximate surface area is 90.6 Å². The number of carbonyl (C=O) groups is 3. The SMILES string of the molecule is O=C(O)/C=C(\C(=O)O)C(=O)c1ccccc1. The van der Waals surface area contributed by atoms with Crippen molar-refractivity contribution in [2.24, 2.45) is 0 Å². The molecular formula is C11H8O5. The molecule has 0 unspecified atom stereocenters. The lowest BCUT2D eigenvalue weighted by Crippen LogP contribution is -2.14. The summed E-state index contributed by atoms with van der Waals surface area (Å²) >= 11 is 0. The van der Waals surface area contributed by atoms with Crippen molar-refractivity contribution in [3.05, 3.63) is 47.5 Å². The molecule has 0 spiro atoms. The van der Waals surface area contributed by atoms with Gasteiger partial charge in [-0.2, -0.15) is 0 Å². The molecule has 1 rings (SSSR count). The summed E-state index contributed by atoms with van der Waals surface area (Å²) in [6, 6.07) is 7.63. The minimum absolute atomic E-state index is 0.136. The fourth-order valence-corrected chi connectivity index (χ4v) is 1.09. The standard InChI is InChI=1S/C11H8O5/c12-9(13)6-8(11(15)16)10(14)7-4-2-1-3-5-7/h1-6H,(H,12,13)(H,15,16)/b8-6-. The molecule has 0 saturated carbocycles. The molecule has 5 nitrogen and oxygen atoms in total. The van der Waals surface area contributed by atoms with Crippen LogP contribution in [0.15, 0.2) is 42.0 Å². The maximum Gasteiger partial charge on any atom is 0.339 e. The number of hydrogen-bond donors (Lipinski definition) is 2. The lowest BCUT2D eigenvalue weighted by molar-refractivity contribution is -0.134. The Kier molecular flexibility index (Phi) is 3.55. The van der Waals surface area contributed by atoms with Crippen molar-refractivity contribution in [3.8, 4) is 0 Å². The van der Waals surface area contributed by atoms with Crippen LogP contribution in [0.25, 0.3) is 0 Å². The van der Waals surface area contributed by atoms with E-state index >= 15 is 0 Å². The van der Waals surface area contributed by atoms with Crippen molar-refractivity contribution in [1.82, 2.24) is 0 Å². The first-order valence-corrected chi connectivity index (χ1v) is 4.30. The van der Waals surface area contributed by atoms with Crippen LogP contribution in [0.3, 0.4) is 0 Å². The number of hydrogen-bond acceptors (Lipinski definition) is 3. The van der Waals surface area contributed by atoms with Gasteiger partial charge in [0.05, 0.1) is 0 Å². The number of Topliss-reactive ketones (excluding diaryl/α,β-unsaturated/α-hetero) is 1. The Morgan fingerprint density at radius 3 is 2.00 bits per heavy atom. The number of rotatable bonds is 4. The molecule has 0 aliphatic heterocycles. The smallest absolute Gasteiger partial charge is 0.339 e. The number of carbonyl (C=O) groups excluding carboxylic acids is 1. The predicted octanol–water partition coefficient (Wildman–Crippen LogP) is 0.965. The van der Waals surface area contributed by atoms with Gasteiger partial charge in [0.2, 0.25) is 5.78 Å². The third-order valence-electron chi connectivity index (χ3n) is 1.78. The quantitative estimate of drug-likeness (QED) is 0.341. The van der Waals surface area contributed by atoms with Gasteiger partial charge in [-0.15, -0.1) is 0 Å². The summed E-state index contributed by atoms with van der Waals surface area (Å²) in [6.45, 7) is 0. The Morgan fingerprint density at radius 1 is 1.00 bits per heavy atom. The highest BCUT2D eigenvalue weighted by Gasteiger charge is 2.19. The lowest BCUT2D eigenvalue weighted by Gasteiger charge is -2.00. The molecule has 0 saturated heterocycles. The molecule has 0 amide bonds. The van der Waals surface area contributed by atoms with Crippen LogP contribution < -0.4 is 0 Å². The monoisotopic (exact) mass is 220 g/mol. The predicted molar refractivity (Wildman–Crippen MR) is 54.1 cm³/mol. The van der Waals surface area contributed by atoms with Crippen LogP contribution in [0.1, 0.15) is 10.4 Å². The summed E-state index contributed by atoms with van der Waals surface area (Å²) in [5.41, 5.74) is -0.629. The van der Waals surface area contributed by atoms with Crippen molar-refractivity contribution in [1.29, 1.82) is 0 Å². The first kappa shape index (κ1) is 11.6. The first-order valence-electron chi connectivity index (χ1n) is 4.30. The average Bonchev–Trinajstić information content (AvgIpc) is 2.25. The van der Waals surface area contributed by atoms with E-state index in [0.29, 0.717) is 6.08 Å². The van der Waals surface area contributed by atoms with E-state index in [0.717, 1.165) is 0 Å². The van der Waals surface area contributed by atoms with Crippen LogP contribution in [0.2, 0.25) is 0 Å². The summed E-state index contributed by atoms with van der Waals surface area (Å²) in [5.74, 6) is -3.85. The molecule has 1 aromatic rings. The summed E-state index contributed by atoms with van der Waals surface area (Å²) in [6.07, 6.45) is 0.387. The fourth-order valence-electron chi connectivity index (χ4n) is 1.09. The minimum atomic E-state index is -1.56. The maximum absolute atomic E-state index is 11.6. The van der Waals surface area contributed by atoms with Gasteiger partial charge in [-0.1, -0.05) is 30.3 Å². The number of aliphatic carboxylic acids is 2. The molecule has 2 N–H and O–H groups in total. The van der Waals surface area contributed by atoms with Crippen molar-refractivity contribution in [3.63, 3.8) is 0 Å². The number of benzene rings is 1. The number of carboxylic acid groups (broad SMARTS) is 2. The van der Waals surface area contributed by atoms with E-state index in [4.69, 9.17) is 10.2 Å². The van der Waals surface area contributed by atoms with Crippen LogP contribution in [0, 0.1) is 0 Å². The molecule has 0 radical (unpaired) electrons. The Bertz CT molecular complexity index is 459. The largest absolute Gasteiger partial charge is 0.478 e. The van der Waals surface area contributed by atoms with E-state index in [2.05, 4.69) is 0 Å². The molecule has 0 fully saturated rings. The van der Waals surface area contributed by atoms with E-state index in [1.54, 1.807) is 18.2 Å². The van der Waals surface area contributed by atoms with Gasteiger partial charge in [0.15, 0.2) is 0 Å². The second kappa shape index (κ2) is 4.88. The van der Waals surface area contributed by atoms with Gasteiger partial charge in [-0.3, -0.25) is 4.79 Å². The third-order valence-corrected chi connectivity index (χ3v) is 1.78. The first-order chi connectivity index (χ1) is 7.52. The van der Waals surface area contributed by atoms with Crippen LogP contribution in [-0.4, -0.2) is 27.9 Å². The second-order valence-corrected chi connectivity index (χ2v) is 2.90. The average molecular weight is 220 g/mol. The Hall–Kier alpha value is -2.43. The topological polar surface area (TPSA) is 91.7 Å². The number of carboxylic acids is 2. The molecule has 0 atom stereocenters. The van der Waals surface area contributed by atoms with Crippen LogP contribution in [0.5, 0.6) is 0 Å². The van der Waals surface area contributed by atoms with E-state index in [1.807, 2.05) is 0 Å². The summed E-state index contributed by atoms with van der Waals surface area (Å²) < 4.78 is 0. The molecule has 5 heteroatoms. The van der Waals surface area contributed by atoms with Crippen molar-refractivity contribution < 1.29 is 24.6 Å². The van der Waals surface area contributed by atoms with Gasteiger partial charge >= 0.3 is 11.9 Å². The molecule has 0 aliphatic carbocycles. The molecule has 1 aromatic carbocycles. The van der Waals surface area contributed by atoms with E-state index in [-0.39, 0.29) is 5.56 Å². The minimum Gasteiger partial charge on any atom is -0.478 e. The normalized spacial score (nSPS) is 10.9. The number of ketones is 1. The molecule has 82 valence electrons. The van der Waals surface area contributed by atoms with E-state index in [9.17, 15) is 14.4 Å². The highest BCUT2D eigenvalue weighted by atomic mass is 16.4. The summed E-state index contributed by atoms with van der Waals surface area (Å²) in [4.78, 5) is 32.7. The molecule has 16 heavy (non-hydrogen) atoms. The van der Waals surface area contributed by atoms with Gasteiger partial charge in [-0.05, 0) is 0 Å². The van der Waals surface area contributed by atoms with Crippen LogP contribution >= 0.6 is 0 Å². The summed E-state index contributed by atoms with van der Waals surface area (Å²) in [7, 11) is 0. The molecular weight excluding hydrogens is 212 g/mol. The Balaban J connectivity index is 3.12. The van der Waals surface area contributed by atoms with Gasteiger partial charge in [0.1, 0.15) is 5.57 Å².